The molecule has 5 nitrogen and oxygen atoms in total. The van der Waals surface area contributed by atoms with Crippen LogP contribution in [-0.4, -0.2) is 60.4 Å². The first-order chi connectivity index (χ1) is 12.8. The van der Waals surface area contributed by atoms with Gasteiger partial charge in [0.05, 0.1) is 31.4 Å². The van der Waals surface area contributed by atoms with E-state index < -0.39 is 0 Å². The summed E-state index contributed by atoms with van der Waals surface area (Å²) < 4.78 is 7.80. The maximum Gasteiger partial charge on any atom is 0.0953 e. The van der Waals surface area contributed by atoms with Gasteiger partial charge in [-0.2, -0.15) is 0 Å². The average molecular weight is 354 g/mol. The van der Waals surface area contributed by atoms with Crippen molar-refractivity contribution in [3.63, 3.8) is 0 Å². The quantitative estimate of drug-likeness (QED) is 0.826. The predicted molar refractivity (Wildman–Crippen MR) is 106 cm³/mol. The molecule has 2 aromatic rings. The summed E-state index contributed by atoms with van der Waals surface area (Å²) in [6.07, 6.45) is 6.42. The van der Waals surface area contributed by atoms with Crippen LogP contribution in [0.25, 0.3) is 11.3 Å². The number of anilines is 1. The SMILES string of the molecule is CCN1CCCc2cc(-c3cncn3C(C)CN3CCOCC3)ccc21. The smallest absolute Gasteiger partial charge is 0.0953 e. The molecule has 1 saturated heterocycles. The van der Waals surface area contributed by atoms with Gasteiger partial charge in [0.1, 0.15) is 0 Å². The standard InChI is InChI=1S/C21H30N4O/c1-3-24-8-4-5-18-13-19(6-7-20(18)24)21-14-22-16-25(21)17(2)15-23-9-11-26-12-10-23/h6-7,13-14,16-17H,3-5,8-12,15H2,1-2H3. The molecule has 1 atom stereocenters. The Bertz CT molecular complexity index is 735. The van der Waals surface area contributed by atoms with Crippen LogP contribution in [-0.2, 0) is 11.2 Å². The summed E-state index contributed by atoms with van der Waals surface area (Å²) in [4.78, 5) is 9.44. The van der Waals surface area contributed by atoms with Gasteiger partial charge >= 0.3 is 0 Å². The second-order valence-corrected chi connectivity index (χ2v) is 7.47. The Morgan fingerprint density at radius 3 is 2.85 bits per heavy atom. The number of rotatable bonds is 5. The fourth-order valence-corrected chi connectivity index (χ4v) is 4.29. The van der Waals surface area contributed by atoms with E-state index in [1.807, 2.05) is 12.5 Å². The normalized spacial score (nSPS) is 19.4. The van der Waals surface area contributed by atoms with Gasteiger partial charge in [-0.3, -0.25) is 4.90 Å². The monoisotopic (exact) mass is 354 g/mol. The lowest BCUT2D eigenvalue weighted by molar-refractivity contribution is 0.0326. The number of aryl methyl sites for hydroxylation is 1. The van der Waals surface area contributed by atoms with Crippen molar-refractivity contribution >= 4 is 5.69 Å². The molecular weight excluding hydrogens is 324 g/mol. The number of nitrogens with zero attached hydrogens (tertiary/aromatic N) is 4. The van der Waals surface area contributed by atoms with Crippen LogP contribution in [0.1, 0.15) is 31.9 Å². The zero-order valence-corrected chi connectivity index (χ0v) is 16.0. The van der Waals surface area contributed by atoms with Crippen molar-refractivity contribution in [1.82, 2.24) is 14.5 Å². The van der Waals surface area contributed by atoms with Crippen LogP contribution in [0.5, 0.6) is 0 Å². The molecule has 5 heteroatoms. The summed E-state index contributed by atoms with van der Waals surface area (Å²) in [5, 5.41) is 0. The zero-order chi connectivity index (χ0) is 17.9. The number of benzene rings is 1. The predicted octanol–water partition coefficient (Wildman–Crippen LogP) is 3.22. The number of fused-ring (bicyclic) bond motifs is 1. The Kier molecular flexibility index (Phi) is 5.27. The van der Waals surface area contributed by atoms with Crippen molar-refractivity contribution < 1.29 is 4.74 Å². The summed E-state index contributed by atoms with van der Waals surface area (Å²) in [6, 6.07) is 7.35. The Labute approximate surface area is 156 Å². The van der Waals surface area contributed by atoms with Crippen LogP contribution in [0.4, 0.5) is 5.69 Å². The van der Waals surface area contributed by atoms with Gasteiger partial charge in [0, 0.05) is 50.0 Å². The van der Waals surface area contributed by atoms with Gasteiger partial charge in [-0.1, -0.05) is 6.07 Å². The van der Waals surface area contributed by atoms with E-state index >= 15 is 0 Å². The van der Waals surface area contributed by atoms with E-state index in [0.717, 1.165) is 39.4 Å². The summed E-state index contributed by atoms with van der Waals surface area (Å²) in [6.45, 7) is 11.6. The minimum absolute atomic E-state index is 0.397. The lowest BCUT2D eigenvalue weighted by Gasteiger charge is -2.31. The molecule has 3 heterocycles. The molecule has 0 N–H and O–H groups in total. The number of imidazole rings is 1. The molecule has 0 amide bonds. The summed E-state index contributed by atoms with van der Waals surface area (Å²) in [5.74, 6) is 0. The fraction of sp³-hybridized carbons (Fsp3) is 0.571. The van der Waals surface area contributed by atoms with Crippen molar-refractivity contribution in [1.29, 1.82) is 0 Å². The largest absolute Gasteiger partial charge is 0.379 e. The number of morpholine rings is 1. The molecule has 2 aliphatic rings. The van der Waals surface area contributed by atoms with Gasteiger partial charge in [0.15, 0.2) is 0 Å². The van der Waals surface area contributed by atoms with E-state index in [1.165, 1.54) is 41.9 Å². The molecule has 0 bridgehead atoms. The van der Waals surface area contributed by atoms with Gasteiger partial charge in [-0.15, -0.1) is 0 Å². The third-order valence-electron chi connectivity index (χ3n) is 5.74. The van der Waals surface area contributed by atoms with E-state index in [0.29, 0.717) is 6.04 Å². The molecule has 1 unspecified atom stereocenters. The lowest BCUT2D eigenvalue weighted by atomic mass is 9.98. The summed E-state index contributed by atoms with van der Waals surface area (Å²) in [7, 11) is 0. The molecule has 2 aliphatic heterocycles. The van der Waals surface area contributed by atoms with E-state index in [4.69, 9.17) is 4.74 Å². The molecule has 4 rings (SSSR count). The van der Waals surface area contributed by atoms with Crippen molar-refractivity contribution in [2.75, 3.05) is 50.8 Å². The van der Waals surface area contributed by atoms with Gasteiger partial charge in [-0.05, 0) is 44.4 Å². The van der Waals surface area contributed by atoms with Crippen molar-refractivity contribution in [3.05, 3.63) is 36.3 Å². The van der Waals surface area contributed by atoms with Crippen LogP contribution in [0, 0.1) is 0 Å². The van der Waals surface area contributed by atoms with Crippen LogP contribution < -0.4 is 4.90 Å². The highest BCUT2D eigenvalue weighted by molar-refractivity contribution is 5.67. The molecule has 140 valence electrons. The van der Waals surface area contributed by atoms with Crippen molar-refractivity contribution in [3.8, 4) is 11.3 Å². The van der Waals surface area contributed by atoms with Gasteiger partial charge in [-0.25, -0.2) is 4.98 Å². The van der Waals surface area contributed by atoms with E-state index in [-0.39, 0.29) is 0 Å². The average Bonchev–Trinajstić information content (AvgIpc) is 3.18. The van der Waals surface area contributed by atoms with Crippen LogP contribution in [0.3, 0.4) is 0 Å². The number of aromatic nitrogens is 2. The number of ether oxygens (including phenoxy) is 1. The van der Waals surface area contributed by atoms with Gasteiger partial charge in [0.2, 0.25) is 0 Å². The third-order valence-corrected chi connectivity index (χ3v) is 5.74. The Balaban J connectivity index is 1.56. The highest BCUT2D eigenvalue weighted by atomic mass is 16.5. The molecule has 1 aromatic heterocycles. The first-order valence-corrected chi connectivity index (χ1v) is 9.96. The molecule has 26 heavy (non-hydrogen) atoms. The van der Waals surface area contributed by atoms with Crippen molar-refractivity contribution in [2.45, 2.75) is 32.7 Å². The lowest BCUT2D eigenvalue weighted by Crippen LogP contribution is -2.39. The Morgan fingerprint density at radius 1 is 1.19 bits per heavy atom. The molecular formula is C21H30N4O. The highest BCUT2D eigenvalue weighted by Gasteiger charge is 2.19. The Morgan fingerprint density at radius 2 is 2.04 bits per heavy atom. The second-order valence-electron chi connectivity index (χ2n) is 7.47. The van der Waals surface area contributed by atoms with Gasteiger partial charge in [0.25, 0.3) is 0 Å². The minimum Gasteiger partial charge on any atom is -0.379 e. The second kappa shape index (κ2) is 7.80. The highest BCUT2D eigenvalue weighted by Crippen LogP contribution is 2.32. The molecule has 1 aromatic carbocycles. The molecule has 1 fully saturated rings. The summed E-state index contributed by atoms with van der Waals surface area (Å²) in [5.41, 5.74) is 5.40. The van der Waals surface area contributed by atoms with E-state index in [2.05, 4.69) is 51.4 Å². The first-order valence-electron chi connectivity index (χ1n) is 9.96. The minimum atomic E-state index is 0.397. The van der Waals surface area contributed by atoms with Crippen molar-refractivity contribution in [2.24, 2.45) is 0 Å². The summed E-state index contributed by atoms with van der Waals surface area (Å²) >= 11 is 0. The van der Waals surface area contributed by atoms with Crippen LogP contribution >= 0.6 is 0 Å². The number of hydrogen-bond acceptors (Lipinski definition) is 4. The molecule has 0 saturated carbocycles. The Hall–Kier alpha value is -1.85. The van der Waals surface area contributed by atoms with E-state index in [1.54, 1.807) is 0 Å². The fourth-order valence-electron chi connectivity index (χ4n) is 4.29. The van der Waals surface area contributed by atoms with E-state index in [9.17, 15) is 0 Å². The maximum atomic E-state index is 5.47. The first kappa shape index (κ1) is 17.6. The topological polar surface area (TPSA) is 33.5 Å². The molecule has 0 radical (unpaired) electrons. The van der Waals surface area contributed by atoms with Crippen LogP contribution in [0.15, 0.2) is 30.7 Å². The van der Waals surface area contributed by atoms with Gasteiger partial charge < -0.3 is 14.2 Å². The third kappa shape index (κ3) is 3.51. The van der Waals surface area contributed by atoms with Crippen LogP contribution in [0.2, 0.25) is 0 Å². The molecule has 0 spiro atoms. The zero-order valence-electron chi connectivity index (χ0n) is 16.0. The molecule has 0 aliphatic carbocycles. The number of hydrogen-bond donors (Lipinski definition) is 0. The maximum absolute atomic E-state index is 5.47.